The highest BCUT2D eigenvalue weighted by molar-refractivity contribution is 5.48. The molecular weight excluding hydrogens is 234 g/mol. The third-order valence-electron chi connectivity index (χ3n) is 3.10. The third kappa shape index (κ3) is 4.07. The summed E-state index contributed by atoms with van der Waals surface area (Å²) in [4.78, 5) is 6.54. The van der Waals surface area contributed by atoms with E-state index < -0.39 is 0 Å². The van der Waals surface area contributed by atoms with E-state index in [1.165, 1.54) is 16.8 Å². The monoisotopic (exact) mass is 255 g/mol. The molecule has 2 N–H and O–H groups in total. The van der Waals surface area contributed by atoms with Crippen LogP contribution in [-0.2, 0) is 6.54 Å². The number of benzene rings is 1. The fraction of sp³-hybridized carbons (Fsp3) is 0.312. The van der Waals surface area contributed by atoms with Gasteiger partial charge in [0.2, 0.25) is 0 Å². The highest BCUT2D eigenvalue weighted by Gasteiger charge is 2.07. The van der Waals surface area contributed by atoms with Crippen LogP contribution < -0.4 is 10.6 Å². The first-order chi connectivity index (χ1) is 9.29. The number of aryl methyl sites for hydroxylation is 1. The highest BCUT2D eigenvalue weighted by Crippen LogP contribution is 2.18. The molecule has 1 heterocycles. The van der Waals surface area contributed by atoms with Crippen molar-refractivity contribution in [3.05, 3.63) is 59.9 Å². The van der Waals surface area contributed by atoms with Gasteiger partial charge in [-0.15, -0.1) is 0 Å². The molecule has 0 aliphatic carbocycles. The lowest BCUT2D eigenvalue weighted by atomic mass is 10.2. The summed E-state index contributed by atoms with van der Waals surface area (Å²) in [7, 11) is 0. The van der Waals surface area contributed by atoms with E-state index in [1.807, 2.05) is 12.3 Å². The van der Waals surface area contributed by atoms with Crippen LogP contribution in [0.2, 0.25) is 0 Å². The van der Waals surface area contributed by atoms with Gasteiger partial charge in [-0.25, -0.2) is 0 Å². The van der Waals surface area contributed by atoms with Gasteiger partial charge in [-0.2, -0.15) is 0 Å². The largest absolute Gasteiger partial charge is 0.367 e. The molecule has 3 nitrogen and oxygen atoms in total. The molecule has 0 saturated heterocycles. The van der Waals surface area contributed by atoms with E-state index in [-0.39, 0.29) is 0 Å². The maximum absolute atomic E-state index is 5.64. The fourth-order valence-electron chi connectivity index (χ4n) is 2.12. The third-order valence-corrected chi connectivity index (χ3v) is 3.10. The second-order valence-corrected chi connectivity index (χ2v) is 4.76. The van der Waals surface area contributed by atoms with Gasteiger partial charge in [0, 0.05) is 31.2 Å². The Hall–Kier alpha value is -1.87. The zero-order chi connectivity index (χ0) is 13.5. The van der Waals surface area contributed by atoms with E-state index in [0.717, 1.165) is 26.1 Å². The van der Waals surface area contributed by atoms with Crippen molar-refractivity contribution in [2.45, 2.75) is 19.9 Å². The van der Waals surface area contributed by atoms with Crippen LogP contribution in [0.5, 0.6) is 0 Å². The summed E-state index contributed by atoms with van der Waals surface area (Å²) in [5.74, 6) is 0. The minimum atomic E-state index is 0.718. The summed E-state index contributed by atoms with van der Waals surface area (Å²) in [6, 6.07) is 12.7. The lowest BCUT2D eigenvalue weighted by Gasteiger charge is -2.25. The Bertz CT molecular complexity index is 496. The first-order valence-electron chi connectivity index (χ1n) is 6.70. The quantitative estimate of drug-likeness (QED) is 0.863. The lowest BCUT2D eigenvalue weighted by Crippen LogP contribution is -2.25. The smallest absolute Gasteiger partial charge is 0.0444 e. The van der Waals surface area contributed by atoms with E-state index in [9.17, 15) is 0 Å². The molecule has 1 aromatic carbocycles. The first kappa shape index (κ1) is 13.6. The zero-order valence-corrected chi connectivity index (χ0v) is 11.4. The molecule has 0 fully saturated rings. The molecule has 0 aliphatic rings. The Kier molecular flexibility index (Phi) is 4.93. The number of aromatic nitrogens is 1. The van der Waals surface area contributed by atoms with Crippen molar-refractivity contribution >= 4 is 5.69 Å². The molecule has 3 heteroatoms. The SMILES string of the molecule is Cc1cccc(N(CCCN)Cc2cccnc2)c1. The zero-order valence-electron chi connectivity index (χ0n) is 11.4. The van der Waals surface area contributed by atoms with Crippen molar-refractivity contribution in [1.29, 1.82) is 0 Å². The van der Waals surface area contributed by atoms with Crippen molar-refractivity contribution in [1.82, 2.24) is 4.98 Å². The number of hydrogen-bond acceptors (Lipinski definition) is 3. The van der Waals surface area contributed by atoms with Gasteiger partial charge in [-0.3, -0.25) is 4.98 Å². The Labute approximate surface area is 115 Å². The molecule has 19 heavy (non-hydrogen) atoms. The number of nitrogens with zero attached hydrogens (tertiary/aromatic N) is 2. The Morgan fingerprint density at radius 1 is 1.21 bits per heavy atom. The van der Waals surface area contributed by atoms with Crippen molar-refractivity contribution in [3.8, 4) is 0 Å². The first-order valence-corrected chi connectivity index (χ1v) is 6.70. The van der Waals surface area contributed by atoms with Gasteiger partial charge in [-0.1, -0.05) is 18.2 Å². The van der Waals surface area contributed by atoms with Crippen LogP contribution in [0.25, 0.3) is 0 Å². The van der Waals surface area contributed by atoms with E-state index in [2.05, 4.69) is 47.1 Å². The van der Waals surface area contributed by atoms with Gasteiger partial charge in [0.05, 0.1) is 0 Å². The van der Waals surface area contributed by atoms with Crippen molar-refractivity contribution in [3.63, 3.8) is 0 Å². The lowest BCUT2D eigenvalue weighted by molar-refractivity contribution is 0.734. The minimum absolute atomic E-state index is 0.718. The van der Waals surface area contributed by atoms with Crippen LogP contribution in [0, 0.1) is 6.92 Å². The second kappa shape index (κ2) is 6.90. The Morgan fingerprint density at radius 2 is 2.11 bits per heavy atom. The number of rotatable bonds is 6. The molecule has 0 aliphatic heterocycles. The molecule has 1 aromatic heterocycles. The number of hydrogen-bond donors (Lipinski definition) is 1. The number of anilines is 1. The van der Waals surface area contributed by atoms with Crippen LogP contribution in [0.3, 0.4) is 0 Å². The van der Waals surface area contributed by atoms with Crippen molar-refractivity contribution in [2.75, 3.05) is 18.0 Å². The molecule has 2 aromatic rings. The summed E-state index contributed by atoms with van der Waals surface area (Å²) in [5, 5.41) is 0. The summed E-state index contributed by atoms with van der Waals surface area (Å²) in [5.41, 5.74) is 9.39. The molecule has 100 valence electrons. The average molecular weight is 255 g/mol. The standard InChI is InChI=1S/C16H21N3/c1-14-5-2-7-16(11-14)19(10-4-8-17)13-15-6-3-9-18-12-15/h2-3,5-7,9,11-12H,4,8,10,13,17H2,1H3. The predicted octanol–water partition coefficient (Wildman–Crippen LogP) is 2.75. The van der Waals surface area contributed by atoms with E-state index in [1.54, 1.807) is 6.20 Å². The van der Waals surface area contributed by atoms with Gasteiger partial charge in [0.1, 0.15) is 0 Å². The van der Waals surface area contributed by atoms with Gasteiger partial charge in [-0.05, 0) is 49.2 Å². The van der Waals surface area contributed by atoms with Crippen LogP contribution in [-0.4, -0.2) is 18.1 Å². The van der Waals surface area contributed by atoms with Gasteiger partial charge in [0.25, 0.3) is 0 Å². The van der Waals surface area contributed by atoms with Crippen LogP contribution in [0.1, 0.15) is 17.5 Å². The maximum Gasteiger partial charge on any atom is 0.0444 e. The molecule has 0 bridgehead atoms. The normalized spacial score (nSPS) is 10.4. The Morgan fingerprint density at radius 3 is 2.79 bits per heavy atom. The molecule has 2 rings (SSSR count). The topological polar surface area (TPSA) is 42.1 Å². The second-order valence-electron chi connectivity index (χ2n) is 4.76. The summed E-state index contributed by atoms with van der Waals surface area (Å²) < 4.78 is 0. The summed E-state index contributed by atoms with van der Waals surface area (Å²) in [6.45, 7) is 4.68. The van der Waals surface area contributed by atoms with Crippen molar-refractivity contribution < 1.29 is 0 Å². The highest BCUT2D eigenvalue weighted by atomic mass is 15.1. The molecule has 0 atom stereocenters. The maximum atomic E-state index is 5.64. The minimum Gasteiger partial charge on any atom is -0.367 e. The van der Waals surface area contributed by atoms with Crippen LogP contribution in [0.15, 0.2) is 48.8 Å². The Balaban J connectivity index is 2.16. The molecular formula is C16H21N3. The summed E-state index contributed by atoms with van der Waals surface area (Å²) in [6.07, 6.45) is 4.72. The molecule has 0 amide bonds. The fourth-order valence-corrected chi connectivity index (χ4v) is 2.12. The van der Waals surface area contributed by atoms with Crippen molar-refractivity contribution in [2.24, 2.45) is 5.73 Å². The average Bonchev–Trinajstić information content (AvgIpc) is 2.44. The molecule has 0 unspecified atom stereocenters. The molecule has 0 radical (unpaired) electrons. The number of pyridine rings is 1. The summed E-state index contributed by atoms with van der Waals surface area (Å²) >= 11 is 0. The van der Waals surface area contributed by atoms with Crippen LogP contribution in [0.4, 0.5) is 5.69 Å². The predicted molar refractivity (Wildman–Crippen MR) is 80.1 cm³/mol. The molecule has 0 spiro atoms. The molecule has 0 saturated carbocycles. The van der Waals surface area contributed by atoms with Gasteiger partial charge in [0.15, 0.2) is 0 Å². The van der Waals surface area contributed by atoms with Gasteiger partial charge >= 0.3 is 0 Å². The van der Waals surface area contributed by atoms with Gasteiger partial charge < -0.3 is 10.6 Å². The van der Waals surface area contributed by atoms with E-state index in [4.69, 9.17) is 5.73 Å². The van der Waals surface area contributed by atoms with E-state index >= 15 is 0 Å². The number of nitrogens with two attached hydrogens (primary N) is 1. The van der Waals surface area contributed by atoms with E-state index in [0.29, 0.717) is 0 Å². The van der Waals surface area contributed by atoms with Crippen LogP contribution >= 0.6 is 0 Å².